The van der Waals surface area contributed by atoms with Gasteiger partial charge in [0.05, 0.1) is 16.8 Å². The second-order valence-corrected chi connectivity index (χ2v) is 9.23. The summed E-state index contributed by atoms with van der Waals surface area (Å²) >= 11 is 0. The van der Waals surface area contributed by atoms with Crippen molar-refractivity contribution in [3.63, 3.8) is 0 Å². The van der Waals surface area contributed by atoms with Crippen LogP contribution in [0.5, 0.6) is 5.75 Å². The number of halogens is 4. The van der Waals surface area contributed by atoms with Crippen molar-refractivity contribution >= 4 is 23.0 Å². The van der Waals surface area contributed by atoms with E-state index in [1.165, 1.54) is 39.8 Å². The first-order valence-corrected chi connectivity index (χ1v) is 12.9. The Morgan fingerprint density at radius 3 is 2.43 bits per heavy atom. The number of alkyl halides is 2. The van der Waals surface area contributed by atoms with E-state index in [-0.39, 0.29) is 40.8 Å². The van der Waals surface area contributed by atoms with Crippen molar-refractivity contribution in [2.45, 2.75) is 46.1 Å². The Labute approximate surface area is 236 Å². The van der Waals surface area contributed by atoms with Gasteiger partial charge in [-0.15, -0.1) is 5.10 Å². The number of aryl methyl sites for hydroxylation is 3. The summed E-state index contributed by atoms with van der Waals surface area (Å²) in [6.07, 6.45) is 1.47. The molecule has 218 valence electrons. The van der Waals surface area contributed by atoms with Crippen molar-refractivity contribution in [2.24, 2.45) is 0 Å². The molecule has 10 nitrogen and oxygen atoms in total. The van der Waals surface area contributed by atoms with Crippen LogP contribution in [0.1, 0.15) is 46.9 Å². The lowest BCUT2D eigenvalue weighted by atomic mass is 9.84. The van der Waals surface area contributed by atoms with Gasteiger partial charge in [-0.2, -0.15) is 8.78 Å². The molecule has 3 aromatic heterocycles. The minimum atomic E-state index is -3.20. The highest BCUT2D eigenvalue weighted by Gasteiger charge is 2.43. The number of amides is 1. The molecule has 0 fully saturated rings. The largest absolute Gasteiger partial charge is 0.435 e. The van der Waals surface area contributed by atoms with E-state index in [2.05, 4.69) is 30.1 Å². The molecule has 5 rings (SSSR count). The zero-order valence-electron chi connectivity index (χ0n) is 22.6. The third kappa shape index (κ3) is 5.04. The molecule has 0 saturated heterocycles. The van der Waals surface area contributed by atoms with Crippen LogP contribution in [-0.2, 0) is 18.7 Å². The number of carbonyl (C=O) groups is 1. The number of ether oxygens (including phenoxy) is 1. The topological polar surface area (TPSA) is 120 Å². The van der Waals surface area contributed by atoms with Crippen LogP contribution in [0.25, 0.3) is 11.2 Å². The van der Waals surface area contributed by atoms with E-state index in [0.717, 1.165) is 18.2 Å². The molecule has 2 aromatic carbocycles. The Morgan fingerprint density at radius 1 is 1.05 bits per heavy atom. The fraction of sp³-hybridized carbons (Fsp3) is 0.250. The predicted molar refractivity (Wildman–Crippen MR) is 143 cm³/mol. The maximum Gasteiger partial charge on any atom is 0.387 e. The van der Waals surface area contributed by atoms with E-state index in [4.69, 9.17) is 0 Å². The van der Waals surface area contributed by atoms with Gasteiger partial charge in [0.25, 0.3) is 5.91 Å². The van der Waals surface area contributed by atoms with Gasteiger partial charge in [-0.3, -0.25) is 14.8 Å². The molecule has 5 aromatic rings. The average molecular weight is 584 g/mol. The number of nitrogens with one attached hydrogen (secondary N) is 1. The van der Waals surface area contributed by atoms with Crippen molar-refractivity contribution in [2.75, 3.05) is 5.32 Å². The van der Waals surface area contributed by atoms with Crippen LogP contribution < -0.4 is 10.1 Å². The number of aromatic nitrogens is 6. The highest BCUT2D eigenvalue weighted by atomic mass is 19.3. The number of pyridine rings is 1. The van der Waals surface area contributed by atoms with Crippen LogP contribution in [0, 0.1) is 18.6 Å². The van der Waals surface area contributed by atoms with Gasteiger partial charge in [-0.25, -0.2) is 23.7 Å². The number of hydrogen-bond acceptors (Lipinski definition) is 7. The first-order valence-electron chi connectivity index (χ1n) is 12.9. The van der Waals surface area contributed by atoms with Gasteiger partial charge in [0.2, 0.25) is 5.95 Å². The fourth-order valence-corrected chi connectivity index (χ4v) is 4.74. The molecule has 1 atom stereocenters. The van der Waals surface area contributed by atoms with E-state index in [0.29, 0.717) is 18.1 Å². The number of benzene rings is 2. The van der Waals surface area contributed by atoms with E-state index in [1.807, 2.05) is 6.92 Å². The van der Waals surface area contributed by atoms with Crippen LogP contribution in [0.3, 0.4) is 0 Å². The first kappa shape index (κ1) is 28.7. The van der Waals surface area contributed by atoms with Gasteiger partial charge < -0.3 is 14.4 Å². The monoisotopic (exact) mass is 583 g/mol. The molecular formula is C28H25F4N7O3. The number of hydrogen-bond donors (Lipinski definition) is 2. The summed E-state index contributed by atoms with van der Waals surface area (Å²) in [5.41, 5.74) is -2.52. The number of imidazole rings is 1. The molecule has 14 heteroatoms. The summed E-state index contributed by atoms with van der Waals surface area (Å²) in [6.45, 7) is 2.66. The number of fused-ring (bicyclic) bond motifs is 1. The second kappa shape index (κ2) is 11.2. The Balaban J connectivity index is 1.69. The summed E-state index contributed by atoms with van der Waals surface area (Å²) in [5.74, 6) is -3.17. The Kier molecular flexibility index (Phi) is 7.65. The SMILES string of the molecule is CCn1cnc(NC(=O)c2cc3c(nc2C)nc(C(O)(c2ccccc2F)c2ccc(OC(F)F)cc2F)n3CC)n1. The van der Waals surface area contributed by atoms with Crippen molar-refractivity contribution in [3.8, 4) is 5.75 Å². The number of carbonyl (C=O) groups excluding carboxylic acids is 1. The number of nitrogens with zero attached hydrogens (tertiary/aromatic N) is 6. The number of rotatable bonds is 9. The van der Waals surface area contributed by atoms with Crippen LogP contribution in [-0.4, -0.2) is 46.9 Å². The Hall–Kier alpha value is -4.85. The third-order valence-corrected chi connectivity index (χ3v) is 6.72. The van der Waals surface area contributed by atoms with Gasteiger partial charge in [0.15, 0.2) is 17.1 Å². The van der Waals surface area contributed by atoms with Crippen LogP contribution in [0.15, 0.2) is 54.9 Å². The van der Waals surface area contributed by atoms with Gasteiger partial charge in [0, 0.05) is 30.3 Å². The molecule has 42 heavy (non-hydrogen) atoms. The van der Waals surface area contributed by atoms with Crippen molar-refractivity contribution in [1.82, 2.24) is 29.3 Å². The lowest BCUT2D eigenvalue weighted by Gasteiger charge is -2.30. The molecule has 0 aliphatic carbocycles. The number of aliphatic hydroxyl groups is 1. The van der Waals surface area contributed by atoms with Crippen molar-refractivity contribution in [3.05, 3.63) is 94.7 Å². The first-order chi connectivity index (χ1) is 20.1. The fourth-order valence-electron chi connectivity index (χ4n) is 4.74. The molecule has 0 spiro atoms. The summed E-state index contributed by atoms with van der Waals surface area (Å²) in [7, 11) is 0. The van der Waals surface area contributed by atoms with E-state index >= 15 is 8.78 Å². The van der Waals surface area contributed by atoms with Gasteiger partial charge in [0.1, 0.15) is 23.7 Å². The summed E-state index contributed by atoms with van der Waals surface area (Å²) in [4.78, 5) is 26.1. The van der Waals surface area contributed by atoms with Gasteiger partial charge >= 0.3 is 6.61 Å². The zero-order valence-corrected chi connectivity index (χ0v) is 22.6. The van der Waals surface area contributed by atoms with E-state index in [1.54, 1.807) is 13.8 Å². The molecule has 3 heterocycles. The minimum absolute atomic E-state index is 0.0923. The second-order valence-electron chi connectivity index (χ2n) is 9.23. The maximum absolute atomic E-state index is 15.5. The molecule has 1 amide bonds. The molecule has 1 unspecified atom stereocenters. The quantitative estimate of drug-likeness (QED) is 0.240. The standard InChI is InChI=1S/C28H25F4N7O3/c1-4-38-14-33-27(37-38)36-24(40)17-13-22-23(34-15(17)3)35-25(39(22)5-2)28(41,18-8-6-7-9-20(18)29)19-11-10-16(12-21(19)30)42-26(31)32/h6-14,26,41H,4-5H2,1-3H3,(H,36,37,40). The zero-order chi connectivity index (χ0) is 30.2. The van der Waals surface area contributed by atoms with E-state index < -0.39 is 41.1 Å². The lowest BCUT2D eigenvalue weighted by Crippen LogP contribution is -2.34. The Bertz CT molecular complexity index is 1790. The van der Waals surface area contributed by atoms with Crippen LogP contribution in [0.2, 0.25) is 0 Å². The lowest BCUT2D eigenvalue weighted by molar-refractivity contribution is -0.0500. The van der Waals surface area contributed by atoms with Crippen LogP contribution in [0.4, 0.5) is 23.5 Å². The predicted octanol–water partition coefficient (Wildman–Crippen LogP) is 4.79. The van der Waals surface area contributed by atoms with Gasteiger partial charge in [-0.05, 0) is 45.0 Å². The normalized spacial score (nSPS) is 13.0. The summed E-state index contributed by atoms with van der Waals surface area (Å²) < 4.78 is 63.6. The van der Waals surface area contributed by atoms with Crippen molar-refractivity contribution < 1.29 is 32.2 Å². The third-order valence-electron chi connectivity index (χ3n) is 6.72. The van der Waals surface area contributed by atoms with E-state index in [9.17, 15) is 18.7 Å². The molecule has 0 aliphatic rings. The van der Waals surface area contributed by atoms with Gasteiger partial charge in [-0.1, -0.05) is 18.2 Å². The Morgan fingerprint density at radius 2 is 1.79 bits per heavy atom. The molecule has 0 aliphatic heterocycles. The summed E-state index contributed by atoms with van der Waals surface area (Å²) in [5, 5.41) is 19.0. The maximum atomic E-state index is 15.5. The minimum Gasteiger partial charge on any atom is -0.435 e. The summed E-state index contributed by atoms with van der Waals surface area (Å²) in [6, 6.07) is 9.43. The molecule has 2 N–H and O–H groups in total. The highest BCUT2D eigenvalue weighted by molar-refractivity contribution is 6.05. The molecular weight excluding hydrogens is 558 g/mol. The number of anilines is 1. The van der Waals surface area contributed by atoms with Crippen molar-refractivity contribution in [1.29, 1.82) is 0 Å². The average Bonchev–Trinajstić information content (AvgIpc) is 3.55. The van der Waals surface area contributed by atoms with Crippen LogP contribution >= 0.6 is 0 Å². The molecule has 0 bridgehead atoms. The smallest absolute Gasteiger partial charge is 0.387 e. The highest BCUT2D eigenvalue weighted by Crippen LogP contribution is 2.41. The molecule has 0 radical (unpaired) electrons. The molecule has 0 saturated carbocycles.